The lowest BCUT2D eigenvalue weighted by molar-refractivity contribution is 0.0746. The minimum atomic E-state index is -0.126. The zero-order valence-electron chi connectivity index (χ0n) is 17.0. The molecule has 0 N–H and O–H groups in total. The van der Waals surface area contributed by atoms with Gasteiger partial charge in [-0.2, -0.15) is 0 Å². The number of nitrogens with zero attached hydrogens (tertiary/aromatic N) is 4. The van der Waals surface area contributed by atoms with Crippen molar-refractivity contribution in [2.75, 3.05) is 31.1 Å². The molecule has 0 atom stereocenters. The summed E-state index contributed by atoms with van der Waals surface area (Å²) in [6.07, 6.45) is 1.63. The Balaban J connectivity index is 1.38. The lowest BCUT2D eigenvalue weighted by Crippen LogP contribution is -2.49. The van der Waals surface area contributed by atoms with E-state index in [0.717, 1.165) is 13.1 Å². The number of aromatic nitrogens is 2. The molecule has 0 radical (unpaired) electrons. The molecular formula is C23H22N4O2S. The molecule has 1 aromatic carbocycles. The van der Waals surface area contributed by atoms with Gasteiger partial charge in [0.25, 0.3) is 11.5 Å². The molecule has 1 aliphatic rings. The molecule has 0 saturated carbocycles. The molecule has 0 unspecified atom stereocenters. The van der Waals surface area contributed by atoms with Crippen molar-refractivity contribution in [3.63, 3.8) is 0 Å². The maximum Gasteiger partial charge on any atom is 0.275 e. The smallest absolute Gasteiger partial charge is 0.275 e. The topological polar surface area (TPSA) is 57.9 Å². The van der Waals surface area contributed by atoms with Crippen molar-refractivity contribution in [2.45, 2.75) is 13.8 Å². The van der Waals surface area contributed by atoms with Crippen LogP contribution in [0.15, 0.2) is 52.8 Å². The molecule has 5 rings (SSSR count). The van der Waals surface area contributed by atoms with Gasteiger partial charge in [-0.15, -0.1) is 11.3 Å². The fraction of sp³-hybridized carbons (Fsp3) is 0.261. The number of hydrogen-bond donors (Lipinski definition) is 0. The zero-order valence-corrected chi connectivity index (χ0v) is 17.8. The van der Waals surface area contributed by atoms with Crippen molar-refractivity contribution >= 4 is 38.8 Å². The number of carbonyl (C=O) groups is 1. The van der Waals surface area contributed by atoms with Crippen LogP contribution in [0, 0.1) is 13.8 Å². The van der Waals surface area contributed by atoms with Crippen molar-refractivity contribution in [1.82, 2.24) is 14.3 Å². The molecule has 0 aliphatic carbocycles. The number of anilines is 1. The third kappa shape index (κ3) is 3.06. The van der Waals surface area contributed by atoms with Crippen LogP contribution in [0.2, 0.25) is 0 Å². The Bertz CT molecular complexity index is 1330. The largest absolute Gasteiger partial charge is 0.368 e. The van der Waals surface area contributed by atoms with Crippen LogP contribution in [-0.4, -0.2) is 46.4 Å². The van der Waals surface area contributed by atoms with Gasteiger partial charge in [0.1, 0.15) is 10.3 Å². The van der Waals surface area contributed by atoms with Gasteiger partial charge in [0.05, 0.1) is 11.1 Å². The molecule has 152 valence electrons. The van der Waals surface area contributed by atoms with Gasteiger partial charge in [-0.3, -0.25) is 14.0 Å². The second kappa shape index (κ2) is 7.25. The minimum Gasteiger partial charge on any atom is -0.368 e. The SMILES string of the molecule is Cc1cccc(N2CCN(C(=O)c3ccc4nc5ccsc5c(=O)n4c3)CC2)c1C. The van der Waals surface area contributed by atoms with E-state index in [1.807, 2.05) is 16.3 Å². The van der Waals surface area contributed by atoms with E-state index in [2.05, 4.69) is 41.9 Å². The summed E-state index contributed by atoms with van der Waals surface area (Å²) in [7, 11) is 0. The fourth-order valence-electron chi connectivity index (χ4n) is 4.07. The van der Waals surface area contributed by atoms with Crippen molar-refractivity contribution < 1.29 is 4.79 Å². The van der Waals surface area contributed by atoms with E-state index in [4.69, 9.17) is 0 Å². The van der Waals surface area contributed by atoms with E-state index >= 15 is 0 Å². The number of fused-ring (bicyclic) bond motifs is 2. The Morgan fingerprint density at radius 2 is 1.83 bits per heavy atom. The first-order valence-corrected chi connectivity index (χ1v) is 10.9. The molecule has 4 aromatic rings. The van der Waals surface area contributed by atoms with Gasteiger partial charge in [-0.05, 0) is 54.6 Å². The Kier molecular flexibility index (Phi) is 4.55. The number of aryl methyl sites for hydroxylation is 1. The van der Waals surface area contributed by atoms with E-state index in [9.17, 15) is 9.59 Å². The van der Waals surface area contributed by atoms with Crippen LogP contribution in [-0.2, 0) is 0 Å². The van der Waals surface area contributed by atoms with Gasteiger partial charge in [0.15, 0.2) is 0 Å². The zero-order chi connectivity index (χ0) is 20.8. The molecule has 0 spiro atoms. The summed E-state index contributed by atoms with van der Waals surface area (Å²) >= 11 is 1.37. The number of rotatable bonds is 2. The Morgan fingerprint density at radius 1 is 1.03 bits per heavy atom. The molecule has 7 heteroatoms. The highest BCUT2D eigenvalue weighted by molar-refractivity contribution is 7.17. The highest BCUT2D eigenvalue weighted by atomic mass is 32.1. The Morgan fingerprint density at radius 3 is 2.63 bits per heavy atom. The maximum absolute atomic E-state index is 13.1. The van der Waals surface area contributed by atoms with Gasteiger partial charge in [-0.1, -0.05) is 12.1 Å². The van der Waals surface area contributed by atoms with Crippen LogP contribution >= 0.6 is 11.3 Å². The van der Waals surface area contributed by atoms with Gasteiger partial charge < -0.3 is 9.80 Å². The van der Waals surface area contributed by atoms with E-state index in [1.165, 1.54) is 32.6 Å². The van der Waals surface area contributed by atoms with Gasteiger partial charge in [-0.25, -0.2) is 4.98 Å². The molecule has 4 heterocycles. The van der Waals surface area contributed by atoms with Crippen LogP contribution in [0.1, 0.15) is 21.5 Å². The standard InChI is InChI=1S/C23H22N4O2S/c1-15-4-3-5-19(16(15)2)25-9-11-26(12-10-25)22(28)17-6-7-20-24-18-8-13-30-21(18)23(29)27(20)14-17/h3-8,13-14H,9-12H2,1-2H3. The third-order valence-corrected chi connectivity index (χ3v) is 6.84. The first kappa shape index (κ1) is 18.8. The predicted octanol–water partition coefficient (Wildman–Crippen LogP) is 3.49. The third-order valence-electron chi connectivity index (χ3n) is 5.95. The lowest BCUT2D eigenvalue weighted by atomic mass is 10.1. The maximum atomic E-state index is 13.1. The fourth-order valence-corrected chi connectivity index (χ4v) is 4.83. The van der Waals surface area contributed by atoms with Crippen LogP contribution in [0.4, 0.5) is 5.69 Å². The summed E-state index contributed by atoms with van der Waals surface area (Å²) in [6, 6.07) is 11.7. The molecule has 1 saturated heterocycles. The average molecular weight is 419 g/mol. The molecule has 1 fully saturated rings. The van der Waals surface area contributed by atoms with Crippen molar-refractivity contribution in [2.24, 2.45) is 0 Å². The first-order chi connectivity index (χ1) is 14.5. The molecule has 30 heavy (non-hydrogen) atoms. The summed E-state index contributed by atoms with van der Waals surface area (Å²) in [5.41, 5.74) is 5.46. The van der Waals surface area contributed by atoms with E-state index in [0.29, 0.717) is 34.5 Å². The second-order valence-corrected chi connectivity index (χ2v) is 8.61. The number of piperazine rings is 1. The number of carbonyl (C=O) groups excluding carboxylic acids is 1. The Hall–Kier alpha value is -3.19. The van der Waals surface area contributed by atoms with E-state index in [1.54, 1.807) is 18.3 Å². The summed E-state index contributed by atoms with van der Waals surface area (Å²) in [5, 5.41) is 1.86. The number of pyridine rings is 1. The molecule has 6 nitrogen and oxygen atoms in total. The molecular weight excluding hydrogens is 396 g/mol. The van der Waals surface area contributed by atoms with Crippen LogP contribution in [0.3, 0.4) is 0 Å². The number of amides is 1. The van der Waals surface area contributed by atoms with E-state index < -0.39 is 0 Å². The minimum absolute atomic E-state index is 0.0457. The van der Waals surface area contributed by atoms with Crippen LogP contribution < -0.4 is 10.5 Å². The number of hydrogen-bond acceptors (Lipinski definition) is 5. The van der Waals surface area contributed by atoms with Crippen molar-refractivity contribution in [1.29, 1.82) is 0 Å². The van der Waals surface area contributed by atoms with Crippen molar-refractivity contribution in [3.05, 3.63) is 75.0 Å². The molecule has 0 bridgehead atoms. The molecule has 1 amide bonds. The van der Waals surface area contributed by atoms with Crippen LogP contribution in [0.25, 0.3) is 15.9 Å². The normalized spacial score (nSPS) is 14.6. The summed E-state index contributed by atoms with van der Waals surface area (Å²) in [4.78, 5) is 34.6. The average Bonchev–Trinajstić information content (AvgIpc) is 3.24. The number of thiophene rings is 1. The lowest BCUT2D eigenvalue weighted by Gasteiger charge is -2.37. The summed E-state index contributed by atoms with van der Waals surface area (Å²) < 4.78 is 2.09. The Labute approximate surface area is 178 Å². The van der Waals surface area contributed by atoms with Gasteiger partial charge in [0.2, 0.25) is 0 Å². The highest BCUT2D eigenvalue weighted by Crippen LogP contribution is 2.24. The predicted molar refractivity (Wildman–Crippen MR) is 121 cm³/mol. The summed E-state index contributed by atoms with van der Waals surface area (Å²) in [6.45, 7) is 7.16. The molecule has 1 aliphatic heterocycles. The molecule has 3 aromatic heterocycles. The van der Waals surface area contributed by atoms with Crippen molar-refractivity contribution in [3.8, 4) is 0 Å². The highest BCUT2D eigenvalue weighted by Gasteiger charge is 2.24. The quantitative estimate of drug-likeness (QED) is 0.500. The first-order valence-electron chi connectivity index (χ1n) is 10.0. The summed E-state index contributed by atoms with van der Waals surface area (Å²) in [5.74, 6) is -0.0457. The van der Waals surface area contributed by atoms with Crippen LogP contribution in [0.5, 0.6) is 0 Å². The van der Waals surface area contributed by atoms with Gasteiger partial charge >= 0.3 is 0 Å². The number of benzene rings is 1. The van der Waals surface area contributed by atoms with Gasteiger partial charge in [0, 0.05) is 38.1 Å². The second-order valence-electron chi connectivity index (χ2n) is 7.70. The monoisotopic (exact) mass is 418 g/mol. The van der Waals surface area contributed by atoms with E-state index in [-0.39, 0.29) is 11.5 Å².